The van der Waals surface area contributed by atoms with Gasteiger partial charge in [0, 0.05) is 26.4 Å². The van der Waals surface area contributed by atoms with Crippen LogP contribution in [0.15, 0.2) is 0 Å². The van der Waals surface area contributed by atoms with E-state index in [0.29, 0.717) is 19.3 Å². The number of rotatable bonds is 4. The molecule has 3 saturated carbocycles. The van der Waals surface area contributed by atoms with E-state index in [-0.39, 0.29) is 24.8 Å². The molecule has 4 rings (SSSR count). The van der Waals surface area contributed by atoms with Crippen LogP contribution in [-0.2, 0) is 33.3 Å². The normalized spacial score (nSPS) is 49.0. The molecule has 1 unspecified atom stereocenters. The molecule has 3 aliphatic carbocycles. The van der Waals surface area contributed by atoms with Gasteiger partial charge in [-0.15, -0.1) is 0 Å². The van der Waals surface area contributed by atoms with E-state index in [0.717, 1.165) is 6.42 Å². The summed E-state index contributed by atoms with van der Waals surface area (Å²) in [5, 5.41) is 0. The third-order valence-corrected chi connectivity index (χ3v) is 7.37. The minimum absolute atomic E-state index is 0.123. The highest BCUT2D eigenvalue weighted by Crippen LogP contribution is 2.91. The lowest BCUT2D eigenvalue weighted by Crippen LogP contribution is -2.96. The third-order valence-electron chi connectivity index (χ3n) is 7.37. The molecular formula is C18H26O7. The van der Waals surface area contributed by atoms with Crippen LogP contribution in [0.1, 0.15) is 46.5 Å². The zero-order valence-electron chi connectivity index (χ0n) is 15.5. The molecule has 1 saturated heterocycles. The summed E-state index contributed by atoms with van der Waals surface area (Å²) in [5.74, 6) is -1.69. The second kappa shape index (κ2) is 4.75. The van der Waals surface area contributed by atoms with Gasteiger partial charge in [0.25, 0.3) is 0 Å². The molecule has 0 N–H and O–H groups in total. The van der Waals surface area contributed by atoms with Crippen molar-refractivity contribution >= 4 is 11.9 Å². The van der Waals surface area contributed by atoms with Crippen LogP contribution in [0.2, 0.25) is 0 Å². The summed E-state index contributed by atoms with van der Waals surface area (Å²) in [5.41, 5.74) is -3.37. The lowest BCUT2D eigenvalue weighted by atomic mass is 9.21. The van der Waals surface area contributed by atoms with Crippen molar-refractivity contribution in [3.05, 3.63) is 0 Å². The van der Waals surface area contributed by atoms with Crippen molar-refractivity contribution in [1.82, 2.24) is 0 Å². The van der Waals surface area contributed by atoms with Crippen molar-refractivity contribution in [3.8, 4) is 0 Å². The van der Waals surface area contributed by atoms with Crippen LogP contribution in [-0.4, -0.2) is 50.4 Å². The Labute approximate surface area is 147 Å². The Morgan fingerprint density at radius 3 is 2.60 bits per heavy atom. The van der Waals surface area contributed by atoms with E-state index < -0.39 is 27.6 Å². The molecule has 0 amide bonds. The van der Waals surface area contributed by atoms with Gasteiger partial charge in [0.05, 0.1) is 13.2 Å². The molecule has 0 aromatic heterocycles. The average Bonchev–Trinajstić information content (AvgIpc) is 2.93. The molecule has 0 radical (unpaired) electrons. The minimum Gasteiger partial charge on any atom is -0.468 e. The molecule has 2 spiro atoms. The topological polar surface area (TPSA) is 80.3 Å². The number of carbonyl (C=O) groups excluding carboxylic acids is 2. The van der Waals surface area contributed by atoms with Crippen LogP contribution in [0.25, 0.3) is 0 Å². The third kappa shape index (κ3) is 1.44. The molecule has 5 atom stereocenters. The summed E-state index contributed by atoms with van der Waals surface area (Å²) < 4.78 is 28.1. The van der Waals surface area contributed by atoms with E-state index in [4.69, 9.17) is 23.7 Å². The van der Waals surface area contributed by atoms with Crippen LogP contribution in [0.4, 0.5) is 0 Å². The predicted molar refractivity (Wildman–Crippen MR) is 84.2 cm³/mol. The maximum absolute atomic E-state index is 13.1. The first-order valence-electron chi connectivity index (χ1n) is 8.82. The standard InChI is InChI=1S/C18H26O7/c1-14(2)24-13(20)18-9-11(23-10-21-4)16(18)7-6-8-17(16,12(19)22-5)15(18,3)25-14/h11H,6-10H2,1-5H3/t11?,15-,16-,17-,18-/m1/s1. The van der Waals surface area contributed by atoms with Crippen molar-refractivity contribution in [2.75, 3.05) is 21.0 Å². The first-order chi connectivity index (χ1) is 11.7. The summed E-state index contributed by atoms with van der Waals surface area (Å²) in [6.07, 6.45) is 2.37. The average molecular weight is 354 g/mol. The Morgan fingerprint density at radius 1 is 1.24 bits per heavy atom. The Bertz CT molecular complexity index is 645. The van der Waals surface area contributed by atoms with Gasteiger partial charge < -0.3 is 23.7 Å². The minimum atomic E-state index is -1.08. The molecule has 0 bridgehead atoms. The zero-order chi connectivity index (χ0) is 18.3. The molecule has 4 aliphatic rings. The number of hydrogen-bond donors (Lipinski definition) is 0. The highest BCUT2D eigenvalue weighted by molar-refractivity contribution is 5.95. The molecule has 1 heterocycles. The highest BCUT2D eigenvalue weighted by Gasteiger charge is 3.01. The number of esters is 2. The number of carbonyl (C=O) groups is 2. The first kappa shape index (κ1) is 17.2. The van der Waals surface area contributed by atoms with E-state index in [9.17, 15) is 9.59 Å². The number of cyclic esters (lactones) is 1. The van der Waals surface area contributed by atoms with E-state index in [2.05, 4.69) is 0 Å². The number of ether oxygens (including phenoxy) is 5. The summed E-state index contributed by atoms with van der Waals surface area (Å²) in [6, 6.07) is 0. The van der Waals surface area contributed by atoms with Crippen molar-refractivity contribution in [1.29, 1.82) is 0 Å². The highest BCUT2D eigenvalue weighted by atomic mass is 16.7. The second-order valence-corrected chi connectivity index (χ2v) is 8.32. The van der Waals surface area contributed by atoms with Crippen LogP contribution in [0, 0.1) is 16.2 Å². The molecule has 0 aromatic rings. The van der Waals surface area contributed by atoms with E-state index >= 15 is 0 Å². The molecule has 7 heteroatoms. The monoisotopic (exact) mass is 354 g/mol. The lowest BCUT2D eigenvalue weighted by Gasteiger charge is -2.84. The molecule has 4 fully saturated rings. The van der Waals surface area contributed by atoms with Gasteiger partial charge >= 0.3 is 11.9 Å². The largest absolute Gasteiger partial charge is 0.468 e. The molecule has 7 nitrogen and oxygen atoms in total. The summed E-state index contributed by atoms with van der Waals surface area (Å²) in [7, 11) is 2.95. The smallest absolute Gasteiger partial charge is 0.318 e. The fraction of sp³-hybridized carbons (Fsp3) is 0.889. The van der Waals surface area contributed by atoms with Gasteiger partial charge in [-0.3, -0.25) is 9.59 Å². The quantitative estimate of drug-likeness (QED) is 0.562. The maximum Gasteiger partial charge on any atom is 0.318 e. The Kier molecular flexibility index (Phi) is 3.28. The fourth-order valence-electron chi connectivity index (χ4n) is 6.91. The van der Waals surface area contributed by atoms with E-state index in [1.807, 2.05) is 6.92 Å². The summed E-state index contributed by atoms with van der Waals surface area (Å²) in [6.45, 7) is 5.42. The van der Waals surface area contributed by atoms with Crippen LogP contribution in [0.3, 0.4) is 0 Å². The van der Waals surface area contributed by atoms with Crippen LogP contribution < -0.4 is 0 Å². The van der Waals surface area contributed by atoms with Crippen molar-refractivity contribution < 1.29 is 33.3 Å². The van der Waals surface area contributed by atoms with Crippen LogP contribution >= 0.6 is 0 Å². The molecular weight excluding hydrogens is 328 g/mol. The molecule has 0 aromatic carbocycles. The van der Waals surface area contributed by atoms with Gasteiger partial charge in [-0.05, 0) is 26.2 Å². The molecule has 25 heavy (non-hydrogen) atoms. The number of hydrogen-bond acceptors (Lipinski definition) is 7. The lowest BCUT2D eigenvalue weighted by molar-refractivity contribution is -0.486. The molecule has 140 valence electrons. The zero-order valence-corrected chi connectivity index (χ0v) is 15.5. The van der Waals surface area contributed by atoms with Gasteiger partial charge in [0.2, 0.25) is 5.79 Å². The maximum atomic E-state index is 13.1. The van der Waals surface area contributed by atoms with E-state index in [1.54, 1.807) is 21.0 Å². The van der Waals surface area contributed by atoms with Crippen molar-refractivity contribution in [2.24, 2.45) is 16.2 Å². The van der Waals surface area contributed by atoms with Gasteiger partial charge in [-0.2, -0.15) is 0 Å². The second-order valence-electron chi connectivity index (χ2n) is 8.32. The number of methoxy groups -OCH3 is 2. The van der Waals surface area contributed by atoms with Gasteiger partial charge in [0.15, 0.2) is 0 Å². The van der Waals surface area contributed by atoms with Gasteiger partial charge in [-0.25, -0.2) is 0 Å². The van der Waals surface area contributed by atoms with Crippen LogP contribution in [0.5, 0.6) is 0 Å². The predicted octanol–water partition coefficient (Wildman–Crippen LogP) is 1.78. The summed E-state index contributed by atoms with van der Waals surface area (Å²) in [4.78, 5) is 26.2. The van der Waals surface area contributed by atoms with Crippen molar-refractivity contribution in [2.45, 2.75) is 63.9 Å². The van der Waals surface area contributed by atoms with E-state index in [1.165, 1.54) is 7.11 Å². The Balaban J connectivity index is 1.87. The Morgan fingerprint density at radius 2 is 1.96 bits per heavy atom. The van der Waals surface area contributed by atoms with Gasteiger partial charge in [0.1, 0.15) is 23.2 Å². The SMILES string of the molecule is COCOC1C[C@@]23C(=O)OC(C)(C)O[C@]2(C)[C@]2(C(=O)OC)CCC[C@@]123. The summed E-state index contributed by atoms with van der Waals surface area (Å²) >= 11 is 0. The molecule has 1 aliphatic heterocycles. The Hall–Kier alpha value is -1.18. The number of fused-ring (bicyclic) bond motifs is 1. The van der Waals surface area contributed by atoms with Crippen molar-refractivity contribution in [3.63, 3.8) is 0 Å². The first-order valence-corrected chi connectivity index (χ1v) is 8.82. The fourth-order valence-corrected chi connectivity index (χ4v) is 6.91. The van der Waals surface area contributed by atoms with Gasteiger partial charge in [-0.1, -0.05) is 6.42 Å².